The minimum atomic E-state index is -0.555. The Kier molecular flexibility index (Phi) is 9.86. The molecular formula is C22H29BrO4SSe. The van der Waals surface area contributed by atoms with Gasteiger partial charge in [0.25, 0.3) is 0 Å². The third kappa shape index (κ3) is 5.93. The number of ether oxygens (including phenoxy) is 3. The first-order valence-corrected chi connectivity index (χ1v) is 13.2. The first-order chi connectivity index (χ1) is 13.9. The molecule has 0 saturated carbocycles. The van der Waals surface area contributed by atoms with Gasteiger partial charge in [-0.25, -0.2) is 0 Å². The minimum absolute atomic E-state index is 0.0940. The molecule has 0 bridgehead atoms. The second-order valence-corrected chi connectivity index (χ2v) is 11.1. The number of aliphatic hydroxyl groups is 1. The summed E-state index contributed by atoms with van der Waals surface area (Å²) in [6.45, 7) is 4.03. The molecule has 0 aliphatic rings. The SMILES string of the molecule is COc1ccc(Br)c([C@@H](OC)[C@@H]([Se]c2c(OC)cccc2[C@H](C)SC)[C@@H](C)O)c1. The van der Waals surface area contributed by atoms with Crippen molar-refractivity contribution in [2.45, 2.75) is 36.1 Å². The number of methoxy groups -OCH3 is 3. The molecule has 160 valence electrons. The third-order valence-electron chi connectivity index (χ3n) is 4.81. The van der Waals surface area contributed by atoms with Crippen LogP contribution in [-0.4, -0.2) is 53.8 Å². The van der Waals surface area contributed by atoms with E-state index in [2.05, 4.69) is 35.2 Å². The predicted octanol–water partition coefficient (Wildman–Crippen LogP) is 4.78. The number of halogens is 1. The molecule has 0 radical (unpaired) electrons. The third-order valence-corrected chi connectivity index (χ3v) is 9.82. The van der Waals surface area contributed by atoms with E-state index in [1.165, 1.54) is 10.0 Å². The molecule has 0 heterocycles. The van der Waals surface area contributed by atoms with Crippen molar-refractivity contribution in [2.75, 3.05) is 27.6 Å². The van der Waals surface area contributed by atoms with Crippen molar-refractivity contribution in [1.82, 2.24) is 0 Å². The van der Waals surface area contributed by atoms with Gasteiger partial charge in [-0.05, 0) is 0 Å². The molecule has 0 fully saturated rings. The van der Waals surface area contributed by atoms with Gasteiger partial charge in [-0.1, -0.05) is 0 Å². The first kappa shape index (κ1) is 24.6. The number of benzene rings is 2. The van der Waals surface area contributed by atoms with Gasteiger partial charge in [0.05, 0.1) is 0 Å². The van der Waals surface area contributed by atoms with E-state index < -0.39 is 6.10 Å². The first-order valence-electron chi connectivity index (χ1n) is 9.28. The standard InChI is InChI=1S/C22H29BrO4SSe/c1-13(24)21(20(27-5)17-12-15(25-3)10-11-18(17)23)29-22-16(14(2)28-6)8-7-9-19(22)26-4/h7-14,20-21,24H,1-6H3/t13-,14+,20-,21+/m1/s1. The molecule has 2 rings (SSSR count). The van der Waals surface area contributed by atoms with E-state index in [-0.39, 0.29) is 25.9 Å². The number of aliphatic hydroxyl groups excluding tert-OH is 1. The Morgan fingerprint density at radius 3 is 2.31 bits per heavy atom. The van der Waals surface area contributed by atoms with Gasteiger partial charge in [-0.3, -0.25) is 0 Å². The van der Waals surface area contributed by atoms with Crippen molar-refractivity contribution >= 4 is 47.1 Å². The van der Waals surface area contributed by atoms with E-state index in [4.69, 9.17) is 14.2 Å². The van der Waals surface area contributed by atoms with Crippen LogP contribution < -0.4 is 13.9 Å². The number of hydrogen-bond donors (Lipinski definition) is 1. The second-order valence-electron chi connectivity index (χ2n) is 6.62. The van der Waals surface area contributed by atoms with Crippen LogP contribution in [0.2, 0.25) is 4.82 Å². The molecule has 2 aromatic carbocycles. The second kappa shape index (κ2) is 11.6. The van der Waals surface area contributed by atoms with Crippen molar-refractivity contribution in [2.24, 2.45) is 0 Å². The molecule has 0 saturated heterocycles. The summed E-state index contributed by atoms with van der Waals surface area (Å²) in [6.07, 6.45) is 1.26. The summed E-state index contributed by atoms with van der Waals surface area (Å²) in [6, 6.07) is 12.0. The van der Waals surface area contributed by atoms with Crippen LogP contribution in [0.15, 0.2) is 40.9 Å². The summed E-state index contributed by atoms with van der Waals surface area (Å²) in [4.78, 5) is -0.111. The molecule has 0 aromatic heterocycles. The maximum atomic E-state index is 10.7. The van der Waals surface area contributed by atoms with E-state index >= 15 is 0 Å². The molecule has 0 aliphatic heterocycles. The zero-order valence-corrected chi connectivity index (χ0v) is 21.8. The van der Waals surface area contributed by atoms with Crippen molar-refractivity contribution in [3.8, 4) is 11.5 Å². The molecule has 0 aliphatic carbocycles. The van der Waals surface area contributed by atoms with Gasteiger partial charge >= 0.3 is 194 Å². The summed E-state index contributed by atoms with van der Waals surface area (Å²) in [5, 5.41) is 11.1. The fourth-order valence-corrected chi connectivity index (χ4v) is 7.36. The monoisotopic (exact) mass is 548 g/mol. The molecular weight excluding hydrogens is 519 g/mol. The Morgan fingerprint density at radius 1 is 1.03 bits per heavy atom. The van der Waals surface area contributed by atoms with Crippen molar-refractivity contribution in [3.05, 3.63) is 52.0 Å². The van der Waals surface area contributed by atoms with Crippen LogP contribution in [-0.2, 0) is 4.74 Å². The van der Waals surface area contributed by atoms with Crippen molar-refractivity contribution in [1.29, 1.82) is 0 Å². The zero-order chi connectivity index (χ0) is 21.6. The van der Waals surface area contributed by atoms with Crippen LogP contribution in [0.1, 0.15) is 36.3 Å². The van der Waals surface area contributed by atoms with Crippen molar-refractivity contribution in [3.63, 3.8) is 0 Å². The van der Waals surface area contributed by atoms with Crippen molar-refractivity contribution < 1.29 is 19.3 Å². The van der Waals surface area contributed by atoms with Crippen LogP contribution in [0.3, 0.4) is 0 Å². The Hall–Kier alpha value is -0.691. The van der Waals surface area contributed by atoms with Crippen LogP contribution >= 0.6 is 27.7 Å². The summed E-state index contributed by atoms with van der Waals surface area (Å²) in [5.41, 5.74) is 2.22. The number of rotatable bonds is 10. The fraction of sp³-hybridized carbons (Fsp3) is 0.455. The molecule has 2 aromatic rings. The molecule has 4 atom stereocenters. The van der Waals surface area contributed by atoms with Gasteiger partial charge in [0, 0.05) is 0 Å². The zero-order valence-electron chi connectivity index (χ0n) is 17.6. The normalized spacial score (nSPS) is 15.4. The number of hydrogen-bond acceptors (Lipinski definition) is 5. The Balaban J connectivity index is 2.52. The summed E-state index contributed by atoms with van der Waals surface area (Å²) >= 11 is 5.35. The summed E-state index contributed by atoms with van der Waals surface area (Å²) in [7, 11) is 5.04. The molecule has 29 heavy (non-hydrogen) atoms. The van der Waals surface area contributed by atoms with Crippen LogP contribution in [0, 0.1) is 0 Å². The summed E-state index contributed by atoms with van der Waals surface area (Å²) in [5.74, 6) is 1.63. The molecule has 0 amide bonds. The molecule has 0 unspecified atom stereocenters. The van der Waals surface area contributed by atoms with Gasteiger partial charge in [0.2, 0.25) is 0 Å². The number of thioether (sulfide) groups is 1. The molecule has 4 nitrogen and oxygen atoms in total. The quantitative estimate of drug-likeness (QED) is 0.434. The van der Waals surface area contributed by atoms with Crippen LogP contribution in [0.4, 0.5) is 0 Å². The van der Waals surface area contributed by atoms with Gasteiger partial charge in [-0.2, -0.15) is 0 Å². The Morgan fingerprint density at radius 2 is 1.76 bits per heavy atom. The van der Waals surface area contributed by atoms with E-state index in [0.717, 1.165) is 21.5 Å². The molecule has 1 N–H and O–H groups in total. The Labute approximate surface area is 193 Å². The molecule has 0 spiro atoms. The van der Waals surface area contributed by atoms with E-state index in [1.54, 1.807) is 33.1 Å². The van der Waals surface area contributed by atoms with Gasteiger partial charge in [0.15, 0.2) is 0 Å². The maximum absolute atomic E-state index is 10.7. The summed E-state index contributed by atoms with van der Waals surface area (Å²) < 4.78 is 19.2. The van der Waals surface area contributed by atoms with Gasteiger partial charge in [0.1, 0.15) is 0 Å². The van der Waals surface area contributed by atoms with Gasteiger partial charge < -0.3 is 0 Å². The van der Waals surface area contributed by atoms with Gasteiger partial charge in [-0.15, -0.1) is 0 Å². The van der Waals surface area contributed by atoms with E-state index in [1.807, 2.05) is 37.3 Å². The van der Waals surface area contributed by atoms with Crippen LogP contribution in [0.25, 0.3) is 0 Å². The fourth-order valence-electron chi connectivity index (χ4n) is 3.12. The Bertz CT molecular complexity index is 802. The average Bonchev–Trinajstić information content (AvgIpc) is 2.73. The predicted molar refractivity (Wildman–Crippen MR) is 126 cm³/mol. The van der Waals surface area contributed by atoms with E-state index in [9.17, 15) is 5.11 Å². The average molecular weight is 548 g/mol. The van der Waals surface area contributed by atoms with Crippen LogP contribution in [0.5, 0.6) is 11.5 Å². The molecule has 7 heteroatoms. The topological polar surface area (TPSA) is 47.9 Å². The van der Waals surface area contributed by atoms with E-state index in [0.29, 0.717) is 5.25 Å².